The van der Waals surface area contributed by atoms with Gasteiger partial charge in [0.2, 0.25) is 0 Å². The Labute approximate surface area is 378 Å². The summed E-state index contributed by atoms with van der Waals surface area (Å²) in [7, 11) is -2.84. The van der Waals surface area contributed by atoms with E-state index in [1.165, 1.54) is 109 Å². The van der Waals surface area contributed by atoms with Crippen LogP contribution in [0.15, 0.2) is 243 Å². The largest absolute Gasteiger partial charge is 0.309 e. The molecule has 15 rings (SSSR count). The Bertz CT molecular complexity index is 3680. The van der Waals surface area contributed by atoms with Crippen molar-refractivity contribution in [1.82, 2.24) is 9.13 Å². The van der Waals surface area contributed by atoms with Crippen LogP contribution in [0.5, 0.6) is 0 Å². The van der Waals surface area contributed by atoms with Gasteiger partial charge in [0.25, 0.3) is 0 Å². The number of rotatable bonds is 6. The first kappa shape index (κ1) is 36.5. The molecular weight excluding hydrogens is 801 g/mol. The molecule has 12 aromatic rings. The van der Waals surface area contributed by atoms with Crippen LogP contribution >= 0.6 is 0 Å². The van der Waals surface area contributed by atoms with E-state index in [1.807, 2.05) is 0 Å². The monoisotopic (exact) mass is 842 g/mol. The molecule has 0 spiro atoms. The van der Waals surface area contributed by atoms with E-state index < -0.39 is 8.07 Å². The first-order valence-corrected chi connectivity index (χ1v) is 24.8. The fraction of sp³-hybridized carbons (Fsp3) is 0.0323. The van der Waals surface area contributed by atoms with Gasteiger partial charge in [0.15, 0.2) is 8.07 Å². The summed E-state index contributed by atoms with van der Waals surface area (Å²) in [4.78, 5) is 0. The summed E-state index contributed by atoms with van der Waals surface area (Å²) in [6, 6.07) is 91.5. The number of benzene rings is 10. The lowest BCUT2D eigenvalue weighted by atomic mass is 9.60. The minimum Gasteiger partial charge on any atom is -0.309 e. The molecule has 304 valence electrons. The molecule has 0 aliphatic heterocycles. The molecule has 0 saturated carbocycles. The maximum atomic E-state index is 2.52. The molecule has 0 saturated heterocycles. The lowest BCUT2D eigenvalue weighted by Gasteiger charge is -2.42. The molecule has 0 amide bonds. The minimum absolute atomic E-state index is 0.192. The van der Waals surface area contributed by atoms with E-state index >= 15 is 0 Å². The SMILES string of the molecule is c1ccc([Si](c2ccccc2)(c2ccc(-n3c4ccccc4c4ccccc43)cc2)c2ccc(-n3c4ccccc4c4c5c(ccc43)C3c4ccccc4C5c4ccccc43)cc2)cc1. The van der Waals surface area contributed by atoms with E-state index in [4.69, 9.17) is 0 Å². The Morgan fingerprint density at radius 3 is 1.12 bits per heavy atom. The molecule has 10 aromatic carbocycles. The van der Waals surface area contributed by atoms with Crippen molar-refractivity contribution in [1.29, 1.82) is 0 Å². The predicted molar refractivity (Wildman–Crippen MR) is 274 cm³/mol. The van der Waals surface area contributed by atoms with Crippen molar-refractivity contribution >= 4 is 72.4 Å². The summed E-state index contributed by atoms with van der Waals surface area (Å²) in [5.41, 5.74) is 16.0. The number of nitrogens with zero attached hydrogens (tertiary/aromatic N) is 2. The van der Waals surface area contributed by atoms with Crippen molar-refractivity contribution in [3.8, 4) is 11.4 Å². The van der Waals surface area contributed by atoms with Crippen LogP contribution in [0.2, 0.25) is 0 Å². The molecule has 2 heterocycles. The Kier molecular flexibility index (Phi) is 7.87. The van der Waals surface area contributed by atoms with Gasteiger partial charge in [-0.3, -0.25) is 0 Å². The summed E-state index contributed by atoms with van der Waals surface area (Å²) in [5, 5.41) is 10.7. The van der Waals surface area contributed by atoms with Crippen LogP contribution in [0.4, 0.5) is 0 Å². The van der Waals surface area contributed by atoms with Crippen LogP contribution in [-0.2, 0) is 0 Å². The summed E-state index contributed by atoms with van der Waals surface area (Å²) in [5.74, 6) is 0.427. The zero-order valence-electron chi connectivity index (χ0n) is 35.6. The van der Waals surface area contributed by atoms with Gasteiger partial charge >= 0.3 is 0 Å². The van der Waals surface area contributed by atoms with E-state index in [-0.39, 0.29) is 11.8 Å². The molecule has 0 N–H and O–H groups in total. The second kappa shape index (κ2) is 14.0. The maximum absolute atomic E-state index is 2.84. The van der Waals surface area contributed by atoms with E-state index in [0.29, 0.717) is 0 Å². The van der Waals surface area contributed by atoms with Crippen LogP contribution in [-0.4, -0.2) is 17.2 Å². The highest BCUT2D eigenvalue weighted by Crippen LogP contribution is 2.58. The first-order valence-electron chi connectivity index (χ1n) is 22.8. The molecule has 65 heavy (non-hydrogen) atoms. The van der Waals surface area contributed by atoms with Gasteiger partial charge in [-0.15, -0.1) is 0 Å². The Morgan fingerprint density at radius 1 is 0.262 bits per heavy atom. The number of para-hydroxylation sites is 3. The molecule has 2 bridgehead atoms. The van der Waals surface area contributed by atoms with Gasteiger partial charge in [-0.1, -0.05) is 194 Å². The van der Waals surface area contributed by atoms with E-state index in [9.17, 15) is 0 Å². The van der Waals surface area contributed by atoms with E-state index in [2.05, 4.69) is 252 Å². The van der Waals surface area contributed by atoms with Gasteiger partial charge in [0.05, 0.1) is 22.1 Å². The molecule has 3 heteroatoms. The summed E-state index contributed by atoms with van der Waals surface area (Å²) < 4.78 is 4.94. The van der Waals surface area contributed by atoms with Gasteiger partial charge in [0, 0.05) is 44.8 Å². The number of hydrogen-bond donors (Lipinski definition) is 0. The predicted octanol–water partition coefficient (Wildman–Crippen LogP) is 12.2. The van der Waals surface area contributed by atoms with Gasteiger partial charge in [-0.2, -0.15) is 0 Å². The molecule has 2 aromatic heterocycles. The normalized spacial score (nSPS) is 15.1. The molecule has 0 atom stereocenters. The third-order valence-electron chi connectivity index (χ3n) is 14.9. The van der Waals surface area contributed by atoms with Crippen molar-refractivity contribution in [3.05, 3.63) is 276 Å². The molecular formula is C62H42N2Si. The average molecular weight is 843 g/mol. The fourth-order valence-electron chi connectivity index (χ4n) is 12.3. The molecule has 0 radical (unpaired) electrons. The first-order chi connectivity index (χ1) is 32.3. The smallest absolute Gasteiger partial charge is 0.179 e. The van der Waals surface area contributed by atoms with E-state index in [1.54, 1.807) is 0 Å². The lowest BCUT2D eigenvalue weighted by molar-refractivity contribution is 0.761. The topological polar surface area (TPSA) is 9.86 Å². The second-order valence-electron chi connectivity index (χ2n) is 17.9. The Hall–Kier alpha value is -7.98. The van der Waals surface area contributed by atoms with Crippen molar-refractivity contribution in [2.45, 2.75) is 11.8 Å². The minimum atomic E-state index is -2.84. The van der Waals surface area contributed by atoms with Gasteiger partial charge in [0.1, 0.15) is 0 Å². The number of aromatic nitrogens is 2. The molecule has 2 nitrogen and oxygen atoms in total. The van der Waals surface area contributed by atoms with Crippen LogP contribution in [0.1, 0.15) is 45.2 Å². The van der Waals surface area contributed by atoms with Crippen molar-refractivity contribution in [2.75, 3.05) is 0 Å². The van der Waals surface area contributed by atoms with Crippen molar-refractivity contribution < 1.29 is 0 Å². The van der Waals surface area contributed by atoms with Crippen LogP contribution in [0, 0.1) is 0 Å². The lowest BCUT2D eigenvalue weighted by Crippen LogP contribution is -2.74. The Morgan fingerprint density at radius 2 is 0.631 bits per heavy atom. The third-order valence-corrected chi connectivity index (χ3v) is 19.7. The summed E-state index contributed by atoms with van der Waals surface area (Å²) in [6.45, 7) is 0. The average Bonchev–Trinajstić information content (AvgIpc) is 3.91. The molecule has 0 fully saturated rings. The maximum Gasteiger partial charge on any atom is 0.179 e. The highest BCUT2D eigenvalue weighted by Gasteiger charge is 2.44. The molecule has 3 aliphatic carbocycles. The summed E-state index contributed by atoms with van der Waals surface area (Å²) in [6.07, 6.45) is 0. The van der Waals surface area contributed by atoms with Gasteiger partial charge in [-0.25, -0.2) is 0 Å². The zero-order valence-corrected chi connectivity index (χ0v) is 36.6. The quantitative estimate of drug-likeness (QED) is 0.117. The van der Waals surface area contributed by atoms with Crippen LogP contribution in [0.25, 0.3) is 55.0 Å². The number of hydrogen-bond acceptors (Lipinski definition) is 0. The molecule has 3 aliphatic rings. The highest BCUT2D eigenvalue weighted by atomic mass is 28.3. The van der Waals surface area contributed by atoms with E-state index in [0.717, 1.165) is 0 Å². The van der Waals surface area contributed by atoms with Gasteiger partial charge in [-0.05, 0) is 103 Å². The zero-order chi connectivity index (χ0) is 42.6. The summed E-state index contributed by atoms with van der Waals surface area (Å²) >= 11 is 0. The van der Waals surface area contributed by atoms with Crippen molar-refractivity contribution in [2.24, 2.45) is 0 Å². The fourth-order valence-corrected chi connectivity index (χ4v) is 17.0. The standard InChI is InChI=1S/C62H42N2Si/c1-3-17-43(18-4-1)65(44-19-5-2-6-20-44,45-35-31-41(32-36-45)63-55-28-14-11-21-47(55)48-22-12-15-29-56(48)63)46-37-33-42(34-38-46)64-57-30-16-13-27-53(57)61-58(64)40-39-54-59-49-23-7-9-25-51(49)60(62(54)61)52-26-10-8-24-50(52)59/h1-40,59-60H. The van der Waals surface area contributed by atoms with Crippen molar-refractivity contribution in [3.63, 3.8) is 0 Å². The second-order valence-corrected chi connectivity index (χ2v) is 21.7. The van der Waals surface area contributed by atoms with Gasteiger partial charge < -0.3 is 9.13 Å². The highest BCUT2D eigenvalue weighted by molar-refractivity contribution is 7.19. The number of fused-ring (bicyclic) bond motifs is 6. The molecule has 0 unspecified atom stereocenters. The van der Waals surface area contributed by atoms with Crippen LogP contribution in [0.3, 0.4) is 0 Å². The Balaban J connectivity index is 0.961. The third kappa shape index (κ3) is 5.04. The van der Waals surface area contributed by atoms with Crippen LogP contribution < -0.4 is 20.7 Å².